The number of nitrogens with zero attached hydrogens (tertiary/aromatic N) is 4. The standard InChI is InChI=1S/C25H24ClF2N5O3/c1-13-8-17(23-29-12-30-33(23)4)16-6-5-7-21(22(16)31-13)36-11-18-19(9-15(28)10-20(18)26)25(3,35)32-24(34)14(2)27/h5-10,12,14,35H,11H2,1-4H3,(H,32,34)/t14?,25-/m1/s1. The fourth-order valence-corrected chi connectivity index (χ4v) is 4.19. The van der Waals surface area contributed by atoms with E-state index >= 15 is 0 Å². The van der Waals surface area contributed by atoms with Crippen LogP contribution < -0.4 is 10.1 Å². The summed E-state index contributed by atoms with van der Waals surface area (Å²) < 4.78 is 35.4. The van der Waals surface area contributed by atoms with Gasteiger partial charge in [-0.1, -0.05) is 23.7 Å². The minimum Gasteiger partial charge on any atom is -0.487 e. The summed E-state index contributed by atoms with van der Waals surface area (Å²) in [6.07, 6.45) is -0.419. The summed E-state index contributed by atoms with van der Waals surface area (Å²) >= 11 is 6.31. The molecule has 2 aromatic carbocycles. The molecule has 0 radical (unpaired) electrons. The molecule has 0 fully saturated rings. The number of pyridine rings is 1. The highest BCUT2D eigenvalue weighted by atomic mass is 35.5. The second kappa shape index (κ2) is 9.79. The highest BCUT2D eigenvalue weighted by molar-refractivity contribution is 6.31. The van der Waals surface area contributed by atoms with E-state index in [0.29, 0.717) is 17.1 Å². The quantitative estimate of drug-likeness (QED) is 0.355. The first kappa shape index (κ1) is 25.5. The summed E-state index contributed by atoms with van der Waals surface area (Å²) in [4.78, 5) is 20.9. The molecular weight excluding hydrogens is 492 g/mol. The Hall–Kier alpha value is -3.63. The summed E-state index contributed by atoms with van der Waals surface area (Å²) in [5, 5.41) is 17.9. The van der Waals surface area contributed by atoms with Gasteiger partial charge in [-0.15, -0.1) is 0 Å². The molecule has 0 aliphatic rings. The topological polar surface area (TPSA) is 102 Å². The Bertz CT molecular complexity index is 1460. The van der Waals surface area contributed by atoms with Gasteiger partial charge in [0.1, 0.15) is 30.0 Å². The lowest BCUT2D eigenvalue weighted by molar-refractivity contribution is -0.132. The van der Waals surface area contributed by atoms with Crippen LogP contribution in [0.4, 0.5) is 8.78 Å². The molecule has 0 saturated heterocycles. The zero-order valence-corrected chi connectivity index (χ0v) is 20.8. The second-order valence-corrected chi connectivity index (χ2v) is 8.96. The molecule has 2 atom stereocenters. The predicted molar refractivity (Wildman–Crippen MR) is 131 cm³/mol. The number of rotatable bonds is 7. The van der Waals surface area contributed by atoms with Crippen molar-refractivity contribution in [2.45, 2.75) is 39.3 Å². The average Bonchev–Trinajstić information content (AvgIpc) is 3.22. The largest absolute Gasteiger partial charge is 0.487 e. The first-order chi connectivity index (χ1) is 17.0. The van der Waals surface area contributed by atoms with Crippen molar-refractivity contribution in [3.05, 3.63) is 70.4 Å². The van der Waals surface area contributed by atoms with Gasteiger partial charge < -0.3 is 15.2 Å². The maximum Gasteiger partial charge on any atom is 0.256 e. The Morgan fingerprint density at radius 3 is 2.75 bits per heavy atom. The number of ether oxygens (including phenoxy) is 1. The lowest BCUT2D eigenvalue weighted by atomic mass is 9.97. The van der Waals surface area contributed by atoms with Crippen LogP contribution in [0.15, 0.2) is 42.7 Å². The molecule has 4 rings (SSSR count). The molecule has 2 heterocycles. The molecule has 0 saturated carbocycles. The Morgan fingerprint density at radius 1 is 1.33 bits per heavy atom. The van der Waals surface area contributed by atoms with Crippen LogP contribution in [-0.2, 0) is 24.2 Å². The van der Waals surface area contributed by atoms with Crippen LogP contribution in [0.3, 0.4) is 0 Å². The van der Waals surface area contributed by atoms with Crippen molar-refractivity contribution in [2.75, 3.05) is 0 Å². The number of amides is 1. The first-order valence-corrected chi connectivity index (χ1v) is 11.4. The molecular formula is C25H24ClF2N5O3. The molecule has 1 amide bonds. The van der Waals surface area contributed by atoms with E-state index in [1.54, 1.807) is 23.9 Å². The number of aliphatic hydroxyl groups is 1. The lowest BCUT2D eigenvalue weighted by Crippen LogP contribution is -2.46. The molecule has 36 heavy (non-hydrogen) atoms. The third-order valence-electron chi connectivity index (χ3n) is 5.67. The number of nitrogens with one attached hydrogen (secondary N) is 1. The highest BCUT2D eigenvalue weighted by Gasteiger charge is 2.32. The zero-order chi connectivity index (χ0) is 26.2. The average molecular weight is 516 g/mol. The third-order valence-corrected chi connectivity index (χ3v) is 6.00. The summed E-state index contributed by atoms with van der Waals surface area (Å²) in [5.74, 6) is -0.734. The summed E-state index contributed by atoms with van der Waals surface area (Å²) in [5.41, 5.74) is 0.131. The van der Waals surface area contributed by atoms with Crippen molar-refractivity contribution >= 4 is 28.4 Å². The number of carbonyl (C=O) groups excluding carboxylic acids is 1. The number of aromatic nitrogens is 4. The molecule has 188 valence electrons. The van der Waals surface area contributed by atoms with Crippen molar-refractivity contribution < 1.29 is 23.4 Å². The van der Waals surface area contributed by atoms with E-state index in [1.165, 1.54) is 13.3 Å². The van der Waals surface area contributed by atoms with E-state index in [4.69, 9.17) is 16.3 Å². The number of fused-ring (bicyclic) bond motifs is 1. The minimum atomic E-state index is -2.12. The molecule has 0 bridgehead atoms. The van der Waals surface area contributed by atoms with Crippen LogP contribution in [0, 0.1) is 12.7 Å². The van der Waals surface area contributed by atoms with Crippen LogP contribution in [0.5, 0.6) is 5.75 Å². The van der Waals surface area contributed by atoms with Gasteiger partial charge in [-0.2, -0.15) is 5.10 Å². The molecule has 8 nitrogen and oxygen atoms in total. The fourth-order valence-electron chi connectivity index (χ4n) is 3.93. The Morgan fingerprint density at radius 2 is 2.08 bits per heavy atom. The van der Waals surface area contributed by atoms with Crippen LogP contribution in [0.2, 0.25) is 5.02 Å². The Balaban J connectivity index is 1.74. The first-order valence-electron chi connectivity index (χ1n) is 11.0. The number of hydrogen-bond donors (Lipinski definition) is 2. The van der Waals surface area contributed by atoms with Gasteiger partial charge in [0, 0.05) is 34.8 Å². The summed E-state index contributed by atoms with van der Waals surface area (Å²) in [6, 6.07) is 9.38. The van der Waals surface area contributed by atoms with Crippen molar-refractivity contribution in [1.82, 2.24) is 25.1 Å². The fraction of sp³-hybridized carbons (Fsp3) is 0.280. The van der Waals surface area contributed by atoms with Crippen molar-refractivity contribution in [3.63, 3.8) is 0 Å². The van der Waals surface area contributed by atoms with Gasteiger partial charge in [0.25, 0.3) is 5.91 Å². The Labute approximate surface area is 210 Å². The molecule has 1 unspecified atom stereocenters. The number of alkyl halides is 1. The van der Waals surface area contributed by atoms with Gasteiger partial charge in [-0.25, -0.2) is 23.4 Å². The van der Waals surface area contributed by atoms with Crippen molar-refractivity contribution in [2.24, 2.45) is 7.05 Å². The van der Waals surface area contributed by atoms with E-state index in [0.717, 1.165) is 35.7 Å². The van der Waals surface area contributed by atoms with Crippen LogP contribution in [-0.4, -0.2) is 36.9 Å². The van der Waals surface area contributed by atoms with Gasteiger partial charge >= 0.3 is 0 Å². The van der Waals surface area contributed by atoms with Crippen molar-refractivity contribution in [1.29, 1.82) is 0 Å². The molecule has 4 aromatic rings. The molecule has 2 N–H and O–H groups in total. The molecule has 0 aliphatic carbocycles. The molecule has 2 aromatic heterocycles. The van der Waals surface area contributed by atoms with E-state index in [-0.39, 0.29) is 22.8 Å². The minimum absolute atomic E-state index is 0.0306. The number of aryl methyl sites for hydroxylation is 2. The number of benzene rings is 2. The van der Waals surface area contributed by atoms with Crippen LogP contribution in [0.25, 0.3) is 22.3 Å². The third kappa shape index (κ3) is 5.00. The number of carbonyl (C=O) groups is 1. The van der Waals surface area contributed by atoms with Gasteiger partial charge in [0.05, 0.1) is 5.02 Å². The van der Waals surface area contributed by atoms with Crippen molar-refractivity contribution in [3.8, 4) is 17.1 Å². The van der Waals surface area contributed by atoms with Gasteiger partial charge in [-0.3, -0.25) is 4.79 Å². The van der Waals surface area contributed by atoms with E-state index in [9.17, 15) is 18.7 Å². The molecule has 11 heteroatoms. The predicted octanol–water partition coefficient (Wildman–Crippen LogP) is 4.35. The number of halogens is 3. The van der Waals surface area contributed by atoms with Crippen LogP contribution in [0.1, 0.15) is 30.7 Å². The normalized spacial score (nSPS) is 13.9. The molecule has 0 aliphatic heterocycles. The highest BCUT2D eigenvalue weighted by Crippen LogP contribution is 2.34. The van der Waals surface area contributed by atoms with E-state index in [2.05, 4.69) is 20.4 Å². The molecule has 0 spiro atoms. The number of hydrogen-bond acceptors (Lipinski definition) is 6. The maximum atomic E-state index is 14.2. The van der Waals surface area contributed by atoms with Gasteiger partial charge in [-0.05, 0) is 45.0 Å². The van der Waals surface area contributed by atoms with Gasteiger partial charge in [0.2, 0.25) is 0 Å². The van der Waals surface area contributed by atoms with Gasteiger partial charge in [0.15, 0.2) is 17.7 Å². The SMILES string of the molecule is Cc1cc(-c2ncnn2C)c2cccc(OCc3c(Cl)cc(F)cc3[C@@](C)(O)NC(=O)C(C)F)c2n1. The van der Waals surface area contributed by atoms with E-state index < -0.39 is 23.6 Å². The zero-order valence-electron chi connectivity index (χ0n) is 20.0. The second-order valence-electron chi connectivity index (χ2n) is 8.55. The Kier molecular flexibility index (Phi) is 6.92. The van der Waals surface area contributed by atoms with E-state index in [1.807, 2.05) is 19.1 Å². The maximum absolute atomic E-state index is 14.2. The summed E-state index contributed by atoms with van der Waals surface area (Å²) in [7, 11) is 1.79. The smallest absolute Gasteiger partial charge is 0.256 e. The summed E-state index contributed by atoms with van der Waals surface area (Å²) in [6.45, 7) is 3.88. The monoisotopic (exact) mass is 515 g/mol. The van der Waals surface area contributed by atoms with Crippen LogP contribution >= 0.6 is 11.6 Å². The lowest BCUT2D eigenvalue weighted by Gasteiger charge is -2.28. The number of para-hydroxylation sites is 1.